The highest BCUT2D eigenvalue weighted by Gasteiger charge is 2.37. The van der Waals surface area contributed by atoms with Gasteiger partial charge >= 0.3 is 0 Å². The third kappa shape index (κ3) is 3.04. The number of fused-ring (bicyclic) bond motifs is 1. The van der Waals surface area contributed by atoms with E-state index in [1.54, 1.807) is 0 Å². The normalized spacial score (nSPS) is 31.7. The monoisotopic (exact) mass is 253 g/mol. The second kappa shape index (κ2) is 6.02. The molecule has 0 aromatic rings. The number of amides is 1. The third-order valence-corrected chi connectivity index (χ3v) is 4.56. The lowest BCUT2D eigenvalue weighted by Crippen LogP contribution is -2.47. The van der Waals surface area contributed by atoms with Crippen LogP contribution in [0.2, 0.25) is 0 Å². The highest BCUT2D eigenvalue weighted by molar-refractivity contribution is 5.81. The van der Waals surface area contributed by atoms with E-state index in [1.165, 1.54) is 12.8 Å². The molecule has 0 aromatic heterocycles. The van der Waals surface area contributed by atoms with E-state index in [4.69, 9.17) is 0 Å². The van der Waals surface area contributed by atoms with Crippen LogP contribution >= 0.6 is 0 Å². The van der Waals surface area contributed by atoms with Gasteiger partial charge in [0.25, 0.3) is 0 Å². The fraction of sp³-hybridized carbons (Fsp3) is 0.929. The summed E-state index contributed by atoms with van der Waals surface area (Å²) in [5.41, 5.74) is 0. The van der Waals surface area contributed by atoms with Gasteiger partial charge in [0, 0.05) is 25.2 Å². The SMILES string of the molecule is CCC(C)NC(=O)C(C)N1C[C@@H]2CCCN[C@@H]2C1. The molecule has 2 aliphatic rings. The Bertz CT molecular complexity index is 281. The Morgan fingerprint density at radius 1 is 1.44 bits per heavy atom. The lowest BCUT2D eigenvalue weighted by molar-refractivity contribution is -0.126. The second-order valence-corrected chi connectivity index (χ2v) is 5.91. The third-order valence-electron chi connectivity index (χ3n) is 4.56. The van der Waals surface area contributed by atoms with E-state index in [0.29, 0.717) is 6.04 Å². The van der Waals surface area contributed by atoms with Gasteiger partial charge in [-0.25, -0.2) is 0 Å². The Balaban J connectivity index is 1.86. The van der Waals surface area contributed by atoms with Crippen LogP contribution in [0.3, 0.4) is 0 Å². The minimum absolute atomic E-state index is 0.00593. The molecular weight excluding hydrogens is 226 g/mol. The van der Waals surface area contributed by atoms with Crippen molar-refractivity contribution in [2.75, 3.05) is 19.6 Å². The fourth-order valence-electron chi connectivity index (χ4n) is 3.03. The van der Waals surface area contributed by atoms with Crippen molar-refractivity contribution < 1.29 is 4.79 Å². The van der Waals surface area contributed by atoms with Crippen LogP contribution in [0, 0.1) is 5.92 Å². The van der Waals surface area contributed by atoms with Gasteiger partial charge < -0.3 is 10.6 Å². The predicted octanol–water partition coefficient (Wildman–Crippen LogP) is 0.973. The summed E-state index contributed by atoms with van der Waals surface area (Å²) in [5, 5.41) is 6.67. The molecule has 0 bridgehead atoms. The molecule has 0 saturated carbocycles. The maximum absolute atomic E-state index is 12.1. The number of carbonyl (C=O) groups excluding carboxylic acids is 1. The van der Waals surface area contributed by atoms with Crippen LogP contribution in [0.15, 0.2) is 0 Å². The van der Waals surface area contributed by atoms with Crippen molar-refractivity contribution in [3.63, 3.8) is 0 Å². The minimum Gasteiger partial charge on any atom is -0.352 e. The van der Waals surface area contributed by atoms with Gasteiger partial charge in [0.2, 0.25) is 5.91 Å². The first-order valence-corrected chi connectivity index (χ1v) is 7.39. The number of likely N-dealkylation sites (tertiary alicyclic amines) is 1. The lowest BCUT2D eigenvalue weighted by atomic mass is 9.94. The Kier molecular flexibility index (Phi) is 4.62. The van der Waals surface area contributed by atoms with Crippen molar-refractivity contribution in [1.82, 2.24) is 15.5 Å². The van der Waals surface area contributed by atoms with Crippen molar-refractivity contribution in [1.29, 1.82) is 0 Å². The van der Waals surface area contributed by atoms with E-state index in [1.807, 2.05) is 6.92 Å². The molecule has 4 atom stereocenters. The number of rotatable bonds is 4. The molecule has 0 radical (unpaired) electrons. The van der Waals surface area contributed by atoms with Crippen LogP contribution in [0.1, 0.15) is 40.0 Å². The zero-order valence-electron chi connectivity index (χ0n) is 11.9. The van der Waals surface area contributed by atoms with Gasteiger partial charge in [-0.3, -0.25) is 9.69 Å². The molecule has 104 valence electrons. The standard InChI is InChI=1S/C14H27N3O/c1-4-10(2)16-14(18)11(3)17-8-12-6-5-7-15-13(12)9-17/h10-13,15H,4-9H2,1-3H3,(H,16,18)/t10?,11?,12-,13+/m0/s1. The predicted molar refractivity (Wildman–Crippen MR) is 73.4 cm³/mol. The lowest BCUT2D eigenvalue weighted by Gasteiger charge is -2.25. The summed E-state index contributed by atoms with van der Waals surface area (Å²) in [7, 11) is 0. The molecule has 0 aliphatic carbocycles. The van der Waals surface area contributed by atoms with Gasteiger partial charge in [-0.05, 0) is 45.6 Å². The van der Waals surface area contributed by atoms with Gasteiger partial charge in [-0.1, -0.05) is 6.92 Å². The number of carbonyl (C=O) groups is 1. The van der Waals surface area contributed by atoms with Crippen LogP contribution < -0.4 is 10.6 Å². The summed E-state index contributed by atoms with van der Waals surface area (Å²) < 4.78 is 0. The molecule has 18 heavy (non-hydrogen) atoms. The first kappa shape index (κ1) is 13.8. The first-order valence-electron chi connectivity index (χ1n) is 7.39. The molecule has 2 heterocycles. The Morgan fingerprint density at radius 2 is 2.22 bits per heavy atom. The zero-order chi connectivity index (χ0) is 13.1. The zero-order valence-corrected chi connectivity index (χ0v) is 11.9. The Hall–Kier alpha value is -0.610. The van der Waals surface area contributed by atoms with Crippen LogP contribution in [-0.4, -0.2) is 48.6 Å². The molecule has 1 amide bonds. The Labute approximate surface area is 110 Å². The molecule has 2 aliphatic heterocycles. The van der Waals surface area contributed by atoms with Crippen molar-refractivity contribution in [3.8, 4) is 0 Å². The summed E-state index contributed by atoms with van der Waals surface area (Å²) in [6.45, 7) is 9.45. The number of hydrogen-bond donors (Lipinski definition) is 2. The smallest absolute Gasteiger partial charge is 0.237 e. The summed E-state index contributed by atoms with van der Waals surface area (Å²) in [6.07, 6.45) is 3.58. The maximum Gasteiger partial charge on any atom is 0.237 e. The van der Waals surface area contributed by atoms with E-state index >= 15 is 0 Å². The van der Waals surface area contributed by atoms with Crippen LogP contribution in [-0.2, 0) is 4.79 Å². The van der Waals surface area contributed by atoms with Crippen molar-refractivity contribution in [2.24, 2.45) is 5.92 Å². The maximum atomic E-state index is 12.1. The summed E-state index contributed by atoms with van der Waals surface area (Å²) >= 11 is 0. The van der Waals surface area contributed by atoms with Gasteiger partial charge in [0.1, 0.15) is 0 Å². The number of piperidine rings is 1. The van der Waals surface area contributed by atoms with E-state index in [0.717, 1.165) is 32.0 Å². The first-order chi connectivity index (χ1) is 8.61. The van der Waals surface area contributed by atoms with Gasteiger partial charge in [-0.15, -0.1) is 0 Å². The average molecular weight is 253 g/mol. The largest absolute Gasteiger partial charge is 0.352 e. The highest BCUT2D eigenvalue weighted by atomic mass is 16.2. The van der Waals surface area contributed by atoms with Crippen LogP contribution in [0.5, 0.6) is 0 Å². The number of nitrogens with zero attached hydrogens (tertiary/aromatic N) is 1. The Morgan fingerprint density at radius 3 is 2.89 bits per heavy atom. The van der Waals surface area contributed by atoms with Crippen LogP contribution in [0.4, 0.5) is 0 Å². The highest BCUT2D eigenvalue weighted by Crippen LogP contribution is 2.26. The number of hydrogen-bond acceptors (Lipinski definition) is 3. The summed E-state index contributed by atoms with van der Waals surface area (Å²) in [4.78, 5) is 14.5. The van der Waals surface area contributed by atoms with E-state index < -0.39 is 0 Å². The molecule has 2 N–H and O–H groups in total. The van der Waals surface area contributed by atoms with Crippen molar-refractivity contribution in [3.05, 3.63) is 0 Å². The van der Waals surface area contributed by atoms with E-state index in [-0.39, 0.29) is 18.0 Å². The summed E-state index contributed by atoms with van der Waals surface area (Å²) in [5.74, 6) is 0.931. The molecular formula is C14H27N3O. The van der Waals surface area contributed by atoms with Gasteiger partial charge in [0.15, 0.2) is 0 Å². The quantitative estimate of drug-likeness (QED) is 0.785. The number of nitrogens with one attached hydrogen (secondary N) is 2. The molecule has 2 saturated heterocycles. The molecule has 2 unspecified atom stereocenters. The molecule has 2 rings (SSSR count). The van der Waals surface area contributed by atoms with E-state index in [2.05, 4.69) is 29.4 Å². The summed E-state index contributed by atoms with van der Waals surface area (Å²) in [6, 6.07) is 0.895. The van der Waals surface area contributed by atoms with Crippen molar-refractivity contribution >= 4 is 5.91 Å². The topological polar surface area (TPSA) is 44.4 Å². The van der Waals surface area contributed by atoms with Crippen LogP contribution in [0.25, 0.3) is 0 Å². The molecule has 2 fully saturated rings. The minimum atomic E-state index is 0.00593. The molecule has 4 nitrogen and oxygen atoms in total. The average Bonchev–Trinajstić information content (AvgIpc) is 2.81. The van der Waals surface area contributed by atoms with E-state index in [9.17, 15) is 4.79 Å². The fourth-order valence-corrected chi connectivity index (χ4v) is 3.03. The van der Waals surface area contributed by atoms with Gasteiger partial charge in [0.05, 0.1) is 6.04 Å². The molecule has 0 aromatic carbocycles. The second-order valence-electron chi connectivity index (χ2n) is 5.91. The van der Waals surface area contributed by atoms with Crippen molar-refractivity contribution in [2.45, 2.75) is 58.2 Å². The molecule has 0 spiro atoms. The van der Waals surface area contributed by atoms with Gasteiger partial charge in [-0.2, -0.15) is 0 Å². The molecule has 4 heteroatoms.